The SMILES string of the molecule is CCCCCCCCCCCCCCCCCCc1cc(C)sc1-c1ccc(-c2ccc(-c3sc(C)cc3CCCCCCCCCCCCCCCCCC)s2)s1. The van der Waals surface area contributed by atoms with Gasteiger partial charge < -0.3 is 0 Å². The summed E-state index contributed by atoms with van der Waals surface area (Å²) in [4.78, 5) is 11.8. The summed E-state index contributed by atoms with van der Waals surface area (Å²) in [5.41, 5.74) is 3.17. The van der Waals surface area contributed by atoms with Gasteiger partial charge in [0.1, 0.15) is 0 Å². The highest BCUT2D eigenvalue weighted by atomic mass is 32.1. The van der Waals surface area contributed by atoms with Gasteiger partial charge >= 0.3 is 0 Å². The van der Waals surface area contributed by atoms with Crippen LogP contribution in [0, 0.1) is 13.8 Å². The summed E-state index contributed by atoms with van der Waals surface area (Å²) in [7, 11) is 0. The minimum absolute atomic E-state index is 1.23. The fraction of sp³-hybridized carbons (Fsp3) is 0.704. The van der Waals surface area contributed by atoms with Crippen LogP contribution in [-0.4, -0.2) is 0 Å². The Bertz CT molecular complexity index is 1440. The third-order valence-corrected chi connectivity index (χ3v) is 17.3. The molecule has 0 saturated carbocycles. The van der Waals surface area contributed by atoms with Crippen molar-refractivity contribution in [3.8, 4) is 29.3 Å². The van der Waals surface area contributed by atoms with E-state index in [1.165, 1.54) is 257 Å². The smallest absolute Gasteiger partial charge is 0.0477 e. The first-order chi connectivity index (χ1) is 28.6. The zero-order valence-corrected chi connectivity index (χ0v) is 41.4. The molecule has 0 spiro atoms. The van der Waals surface area contributed by atoms with E-state index < -0.39 is 0 Å². The molecule has 0 unspecified atom stereocenters. The van der Waals surface area contributed by atoms with Gasteiger partial charge in [0.25, 0.3) is 0 Å². The Kier molecular flexibility index (Phi) is 27.0. The van der Waals surface area contributed by atoms with E-state index in [4.69, 9.17) is 0 Å². The van der Waals surface area contributed by atoms with Crippen LogP contribution in [0.25, 0.3) is 29.3 Å². The van der Waals surface area contributed by atoms with Crippen LogP contribution in [0.2, 0.25) is 0 Å². The summed E-state index contributed by atoms with van der Waals surface area (Å²) >= 11 is 8.03. The molecule has 0 aliphatic carbocycles. The maximum atomic E-state index is 2.48. The predicted molar refractivity (Wildman–Crippen MR) is 270 cm³/mol. The number of hydrogen-bond donors (Lipinski definition) is 0. The maximum absolute atomic E-state index is 2.48. The predicted octanol–water partition coefficient (Wildman–Crippen LogP) is 21.2. The van der Waals surface area contributed by atoms with Crippen LogP contribution in [0.4, 0.5) is 0 Å². The van der Waals surface area contributed by atoms with E-state index in [1.807, 2.05) is 45.3 Å². The Morgan fingerprint density at radius 2 is 0.534 bits per heavy atom. The fourth-order valence-corrected chi connectivity index (χ4v) is 13.4. The zero-order valence-electron chi connectivity index (χ0n) is 38.1. The molecule has 0 aliphatic heterocycles. The van der Waals surface area contributed by atoms with Crippen LogP contribution in [-0.2, 0) is 12.8 Å². The fourth-order valence-electron chi connectivity index (χ4n) is 8.83. The summed E-state index contributed by atoms with van der Waals surface area (Å²) in [6.45, 7) is 9.21. The van der Waals surface area contributed by atoms with E-state index >= 15 is 0 Å². The van der Waals surface area contributed by atoms with Crippen LogP contribution in [0.5, 0.6) is 0 Å². The average Bonchev–Trinajstić information content (AvgIpc) is 4.04. The molecule has 0 aromatic carbocycles. The van der Waals surface area contributed by atoms with Crippen LogP contribution in [0.3, 0.4) is 0 Å². The number of aryl methyl sites for hydroxylation is 4. The highest BCUT2D eigenvalue weighted by Crippen LogP contribution is 2.45. The molecule has 0 saturated heterocycles. The summed E-state index contributed by atoms with van der Waals surface area (Å²) in [5.74, 6) is 0. The third kappa shape index (κ3) is 20.1. The molecule has 326 valence electrons. The molecule has 0 atom stereocenters. The van der Waals surface area contributed by atoms with Crippen molar-refractivity contribution in [1.29, 1.82) is 0 Å². The molecule has 0 radical (unpaired) electrons. The second-order valence-electron chi connectivity index (χ2n) is 17.9. The van der Waals surface area contributed by atoms with E-state index in [2.05, 4.69) is 64.1 Å². The summed E-state index contributed by atoms with van der Waals surface area (Å²) in [6, 6.07) is 14.5. The van der Waals surface area contributed by atoms with Crippen molar-refractivity contribution in [1.82, 2.24) is 0 Å². The monoisotopic (exact) mass is 863 g/mol. The molecule has 4 aromatic rings. The van der Waals surface area contributed by atoms with Crippen LogP contribution < -0.4 is 0 Å². The Morgan fingerprint density at radius 1 is 0.293 bits per heavy atom. The topological polar surface area (TPSA) is 0 Å². The largest absolute Gasteiger partial charge is 0.139 e. The van der Waals surface area contributed by atoms with Crippen molar-refractivity contribution in [2.24, 2.45) is 0 Å². The molecular formula is C54H86S4. The molecular weight excluding hydrogens is 777 g/mol. The first-order valence-electron chi connectivity index (χ1n) is 25.0. The second-order valence-corrected chi connectivity index (χ2v) is 22.5. The molecule has 4 rings (SSSR count). The van der Waals surface area contributed by atoms with Gasteiger partial charge in [-0.2, -0.15) is 0 Å². The molecule has 0 aliphatic rings. The van der Waals surface area contributed by atoms with Crippen molar-refractivity contribution in [2.45, 2.75) is 246 Å². The first kappa shape index (κ1) is 49.5. The van der Waals surface area contributed by atoms with E-state index in [0.717, 1.165) is 0 Å². The average molecular weight is 864 g/mol. The van der Waals surface area contributed by atoms with E-state index in [-0.39, 0.29) is 0 Å². The van der Waals surface area contributed by atoms with Crippen molar-refractivity contribution in [2.75, 3.05) is 0 Å². The van der Waals surface area contributed by atoms with Gasteiger partial charge in [0.05, 0.1) is 0 Å². The van der Waals surface area contributed by atoms with Crippen molar-refractivity contribution in [3.63, 3.8) is 0 Å². The van der Waals surface area contributed by atoms with Gasteiger partial charge in [-0.1, -0.05) is 206 Å². The van der Waals surface area contributed by atoms with E-state index in [0.29, 0.717) is 0 Å². The van der Waals surface area contributed by atoms with Crippen LogP contribution >= 0.6 is 45.3 Å². The molecule has 4 aromatic heterocycles. The van der Waals surface area contributed by atoms with Crippen LogP contribution in [0.15, 0.2) is 36.4 Å². The summed E-state index contributed by atoms with van der Waals surface area (Å²) < 4.78 is 0. The van der Waals surface area contributed by atoms with Gasteiger partial charge in [0, 0.05) is 39.0 Å². The highest BCUT2D eigenvalue weighted by Gasteiger charge is 2.16. The zero-order chi connectivity index (χ0) is 40.9. The van der Waals surface area contributed by atoms with E-state index in [9.17, 15) is 0 Å². The van der Waals surface area contributed by atoms with Gasteiger partial charge in [0.15, 0.2) is 0 Å². The Balaban J connectivity index is 1.09. The summed E-state index contributed by atoms with van der Waals surface area (Å²) in [6.07, 6.45) is 48.3. The maximum Gasteiger partial charge on any atom is 0.0477 e. The first-order valence-corrected chi connectivity index (χ1v) is 28.2. The number of rotatable bonds is 37. The van der Waals surface area contributed by atoms with Gasteiger partial charge in [-0.3, -0.25) is 0 Å². The lowest BCUT2D eigenvalue weighted by Gasteiger charge is -2.04. The normalized spacial score (nSPS) is 11.7. The minimum Gasteiger partial charge on any atom is -0.139 e. The van der Waals surface area contributed by atoms with Gasteiger partial charge in [-0.25, -0.2) is 0 Å². The van der Waals surface area contributed by atoms with Crippen LogP contribution in [0.1, 0.15) is 240 Å². The van der Waals surface area contributed by atoms with Gasteiger partial charge in [0.2, 0.25) is 0 Å². The molecule has 0 bridgehead atoms. The third-order valence-electron chi connectivity index (χ3n) is 12.4. The van der Waals surface area contributed by atoms with Crippen molar-refractivity contribution < 1.29 is 0 Å². The highest BCUT2D eigenvalue weighted by molar-refractivity contribution is 7.28. The quantitative estimate of drug-likeness (QED) is 0.0396. The van der Waals surface area contributed by atoms with Gasteiger partial charge in [-0.15, -0.1) is 45.3 Å². The molecule has 4 heteroatoms. The molecule has 4 heterocycles. The minimum atomic E-state index is 1.23. The summed E-state index contributed by atoms with van der Waals surface area (Å²) in [5, 5.41) is 0. The molecule has 0 amide bonds. The second kappa shape index (κ2) is 31.6. The van der Waals surface area contributed by atoms with E-state index in [1.54, 1.807) is 11.1 Å². The number of hydrogen-bond acceptors (Lipinski definition) is 4. The Morgan fingerprint density at radius 3 is 0.810 bits per heavy atom. The lowest BCUT2D eigenvalue weighted by Crippen LogP contribution is -1.87. The number of unbranched alkanes of at least 4 members (excludes halogenated alkanes) is 30. The standard InChI is InChI=1S/C54H86S4/c1-5-7-9-11-13-15-17-19-21-23-25-27-29-31-33-35-37-47-43-45(3)55-53(47)51-41-39-49(57-51)50-40-42-52(58-50)54-48(44-46(4)56-54)38-36-34-32-30-28-26-24-22-20-18-16-14-12-10-8-6-2/h39-44H,5-38H2,1-4H3. The van der Waals surface area contributed by atoms with Crippen molar-refractivity contribution in [3.05, 3.63) is 57.3 Å². The van der Waals surface area contributed by atoms with Gasteiger partial charge in [-0.05, 0) is 87.1 Å². The lowest BCUT2D eigenvalue weighted by molar-refractivity contribution is 0.529. The lowest BCUT2D eigenvalue weighted by atomic mass is 10.0. The van der Waals surface area contributed by atoms with Crippen molar-refractivity contribution >= 4 is 45.3 Å². The molecule has 0 nitrogen and oxygen atoms in total. The number of thiophene rings is 4. The molecule has 0 N–H and O–H groups in total. The Labute approximate surface area is 375 Å². The molecule has 58 heavy (non-hydrogen) atoms. The Hall–Kier alpha value is -1.20. The molecule has 0 fully saturated rings.